The van der Waals surface area contributed by atoms with Gasteiger partial charge in [-0.05, 0) is 44.4 Å². The Hall–Kier alpha value is -2.43. The lowest BCUT2D eigenvalue weighted by molar-refractivity contribution is -0.126. The number of halogens is 1. The number of nitrogens with one attached hydrogen (secondary N) is 2. The van der Waals surface area contributed by atoms with E-state index in [0.717, 1.165) is 24.1 Å². The van der Waals surface area contributed by atoms with E-state index in [2.05, 4.69) is 10.3 Å². The first-order chi connectivity index (χ1) is 11.9. The van der Waals surface area contributed by atoms with E-state index in [4.69, 9.17) is 0 Å². The molecule has 0 atom stereocenters. The zero-order chi connectivity index (χ0) is 18.0. The summed E-state index contributed by atoms with van der Waals surface area (Å²) >= 11 is 0. The second-order valence-electron chi connectivity index (χ2n) is 6.89. The molecule has 132 valence electrons. The standard InChI is InChI=1S/C20H23FN2O2/c1-13-11-14(2)23-18(24)15(13)12-22-19(25)20(9-5-6-10-20)16-7-3-4-8-17(16)21/h3-4,7-8,11H,5-6,9-10,12H2,1-2H3,(H,22,25)(H,23,24). The summed E-state index contributed by atoms with van der Waals surface area (Å²) in [7, 11) is 0. The Morgan fingerprint density at radius 2 is 1.92 bits per heavy atom. The number of aromatic nitrogens is 1. The van der Waals surface area contributed by atoms with Crippen LogP contribution in [-0.4, -0.2) is 10.9 Å². The molecule has 1 aromatic carbocycles. The number of hydrogen-bond acceptors (Lipinski definition) is 2. The Morgan fingerprint density at radius 1 is 1.24 bits per heavy atom. The summed E-state index contributed by atoms with van der Waals surface area (Å²) in [4.78, 5) is 27.9. The highest BCUT2D eigenvalue weighted by Gasteiger charge is 2.44. The maximum atomic E-state index is 14.3. The highest BCUT2D eigenvalue weighted by Crippen LogP contribution is 2.42. The lowest BCUT2D eigenvalue weighted by atomic mass is 9.77. The fourth-order valence-electron chi connectivity index (χ4n) is 3.89. The van der Waals surface area contributed by atoms with Gasteiger partial charge in [-0.15, -0.1) is 0 Å². The molecule has 1 fully saturated rings. The van der Waals surface area contributed by atoms with Crippen molar-refractivity contribution in [3.63, 3.8) is 0 Å². The van der Waals surface area contributed by atoms with Crippen LogP contribution in [0.2, 0.25) is 0 Å². The number of carbonyl (C=O) groups excluding carboxylic acids is 1. The molecule has 1 aliphatic rings. The number of hydrogen-bond donors (Lipinski definition) is 2. The molecule has 0 saturated heterocycles. The average Bonchev–Trinajstić information content (AvgIpc) is 3.05. The van der Waals surface area contributed by atoms with Crippen LogP contribution in [0.4, 0.5) is 4.39 Å². The molecule has 2 N–H and O–H groups in total. The van der Waals surface area contributed by atoms with Crippen LogP contribution in [0, 0.1) is 19.7 Å². The molecule has 1 saturated carbocycles. The fourth-order valence-corrected chi connectivity index (χ4v) is 3.89. The van der Waals surface area contributed by atoms with Crippen LogP contribution >= 0.6 is 0 Å². The largest absolute Gasteiger partial charge is 0.351 e. The SMILES string of the molecule is Cc1cc(C)c(CNC(=O)C2(c3ccccc3F)CCCC2)c(=O)[nH]1. The molecule has 1 aromatic heterocycles. The van der Waals surface area contributed by atoms with Gasteiger partial charge in [0.25, 0.3) is 5.56 Å². The van der Waals surface area contributed by atoms with Gasteiger partial charge in [-0.2, -0.15) is 0 Å². The van der Waals surface area contributed by atoms with Crippen LogP contribution in [0.15, 0.2) is 35.1 Å². The average molecular weight is 342 g/mol. The Morgan fingerprint density at radius 3 is 2.56 bits per heavy atom. The molecule has 0 bridgehead atoms. The van der Waals surface area contributed by atoms with Gasteiger partial charge in [0.15, 0.2) is 0 Å². The van der Waals surface area contributed by atoms with E-state index < -0.39 is 5.41 Å². The molecule has 25 heavy (non-hydrogen) atoms. The molecule has 4 nitrogen and oxygen atoms in total. The molecule has 0 radical (unpaired) electrons. The van der Waals surface area contributed by atoms with Gasteiger partial charge in [0.1, 0.15) is 5.82 Å². The number of aryl methyl sites for hydroxylation is 2. The lowest BCUT2D eigenvalue weighted by Gasteiger charge is -2.28. The summed E-state index contributed by atoms with van der Waals surface area (Å²) in [6, 6.07) is 8.38. The van der Waals surface area contributed by atoms with E-state index in [-0.39, 0.29) is 23.8 Å². The molecule has 3 rings (SSSR count). The van der Waals surface area contributed by atoms with Gasteiger partial charge in [-0.1, -0.05) is 31.0 Å². The summed E-state index contributed by atoms with van der Waals surface area (Å²) in [5.74, 6) is -0.543. The van der Waals surface area contributed by atoms with Gasteiger partial charge in [-0.3, -0.25) is 9.59 Å². The third kappa shape index (κ3) is 3.23. The Labute approximate surface area is 146 Å². The van der Waals surface area contributed by atoms with Gasteiger partial charge in [0, 0.05) is 23.4 Å². The van der Waals surface area contributed by atoms with E-state index in [1.54, 1.807) is 18.2 Å². The van der Waals surface area contributed by atoms with Gasteiger partial charge in [0.2, 0.25) is 5.91 Å². The van der Waals surface area contributed by atoms with Crippen molar-refractivity contribution in [2.75, 3.05) is 0 Å². The summed E-state index contributed by atoms with van der Waals surface area (Å²) in [6.45, 7) is 3.82. The van der Waals surface area contributed by atoms with Gasteiger partial charge in [-0.25, -0.2) is 4.39 Å². The van der Waals surface area contributed by atoms with Crippen LogP contribution in [0.1, 0.15) is 48.1 Å². The van der Waals surface area contributed by atoms with Crippen molar-refractivity contribution in [1.82, 2.24) is 10.3 Å². The van der Waals surface area contributed by atoms with Crippen LogP contribution in [0.3, 0.4) is 0 Å². The lowest BCUT2D eigenvalue weighted by Crippen LogP contribution is -2.43. The first kappa shape index (κ1) is 17.4. The molecule has 1 aliphatic carbocycles. The number of benzene rings is 1. The maximum Gasteiger partial charge on any atom is 0.253 e. The molecule has 0 unspecified atom stereocenters. The monoisotopic (exact) mass is 342 g/mol. The van der Waals surface area contributed by atoms with E-state index >= 15 is 0 Å². The van der Waals surface area contributed by atoms with Crippen LogP contribution in [0.5, 0.6) is 0 Å². The van der Waals surface area contributed by atoms with Crippen molar-refractivity contribution in [1.29, 1.82) is 0 Å². The molecular weight excluding hydrogens is 319 g/mol. The van der Waals surface area contributed by atoms with Crippen molar-refractivity contribution >= 4 is 5.91 Å². The Bertz CT molecular complexity index is 851. The normalized spacial score (nSPS) is 16.0. The molecule has 0 aliphatic heterocycles. The van der Waals surface area contributed by atoms with Crippen molar-refractivity contribution in [3.8, 4) is 0 Å². The first-order valence-corrected chi connectivity index (χ1v) is 8.67. The van der Waals surface area contributed by atoms with E-state index in [0.29, 0.717) is 24.0 Å². The summed E-state index contributed by atoms with van der Waals surface area (Å²) in [5.41, 5.74) is 1.60. The number of pyridine rings is 1. The van der Waals surface area contributed by atoms with E-state index in [1.807, 2.05) is 19.9 Å². The zero-order valence-corrected chi connectivity index (χ0v) is 14.6. The fraction of sp³-hybridized carbons (Fsp3) is 0.400. The minimum Gasteiger partial charge on any atom is -0.351 e. The van der Waals surface area contributed by atoms with Crippen molar-refractivity contribution in [2.45, 2.75) is 51.5 Å². The maximum absolute atomic E-state index is 14.3. The van der Waals surface area contributed by atoms with Crippen LogP contribution < -0.4 is 10.9 Å². The number of amides is 1. The Balaban J connectivity index is 1.86. The molecule has 5 heteroatoms. The van der Waals surface area contributed by atoms with E-state index in [9.17, 15) is 14.0 Å². The number of H-pyrrole nitrogens is 1. The summed E-state index contributed by atoms with van der Waals surface area (Å²) < 4.78 is 14.3. The molecule has 0 spiro atoms. The number of rotatable bonds is 4. The van der Waals surface area contributed by atoms with Crippen molar-refractivity contribution in [3.05, 3.63) is 68.9 Å². The van der Waals surface area contributed by atoms with Crippen molar-refractivity contribution < 1.29 is 9.18 Å². The number of aromatic amines is 1. The second kappa shape index (κ2) is 6.82. The van der Waals surface area contributed by atoms with Gasteiger partial charge in [0.05, 0.1) is 5.41 Å². The predicted molar refractivity (Wildman–Crippen MR) is 94.9 cm³/mol. The zero-order valence-electron chi connectivity index (χ0n) is 14.6. The first-order valence-electron chi connectivity index (χ1n) is 8.67. The quantitative estimate of drug-likeness (QED) is 0.896. The molecule has 1 heterocycles. The highest BCUT2D eigenvalue weighted by atomic mass is 19.1. The smallest absolute Gasteiger partial charge is 0.253 e. The predicted octanol–water partition coefficient (Wildman–Crippen LogP) is 3.26. The minimum atomic E-state index is -0.837. The third-order valence-corrected chi connectivity index (χ3v) is 5.20. The second-order valence-corrected chi connectivity index (χ2v) is 6.89. The van der Waals surface area contributed by atoms with E-state index in [1.165, 1.54) is 6.07 Å². The highest BCUT2D eigenvalue weighted by molar-refractivity contribution is 5.88. The summed E-state index contributed by atoms with van der Waals surface area (Å²) in [5, 5.41) is 2.88. The van der Waals surface area contributed by atoms with Gasteiger partial charge < -0.3 is 10.3 Å². The minimum absolute atomic E-state index is 0.149. The number of carbonyl (C=O) groups is 1. The third-order valence-electron chi connectivity index (χ3n) is 5.20. The topological polar surface area (TPSA) is 62.0 Å². The van der Waals surface area contributed by atoms with Crippen LogP contribution in [0.25, 0.3) is 0 Å². The van der Waals surface area contributed by atoms with Crippen LogP contribution in [-0.2, 0) is 16.8 Å². The molecular formula is C20H23FN2O2. The molecule has 1 amide bonds. The summed E-state index contributed by atoms with van der Waals surface area (Å²) in [6.07, 6.45) is 3.05. The molecule has 2 aromatic rings. The Kier molecular flexibility index (Phi) is 4.75. The van der Waals surface area contributed by atoms with Crippen molar-refractivity contribution in [2.24, 2.45) is 0 Å². The van der Waals surface area contributed by atoms with Gasteiger partial charge >= 0.3 is 0 Å².